The number of nitrogens with zero attached hydrogens (tertiary/aromatic N) is 2. The summed E-state index contributed by atoms with van der Waals surface area (Å²) in [5, 5.41) is 4.34. The normalized spacial score (nSPS) is 11.9. The maximum Gasteiger partial charge on any atom is 0.158 e. The van der Waals surface area contributed by atoms with Gasteiger partial charge in [-0.25, -0.2) is 0 Å². The highest BCUT2D eigenvalue weighted by molar-refractivity contribution is 9.10. The number of halogens is 1. The summed E-state index contributed by atoms with van der Waals surface area (Å²) in [5.74, 6) is 0.0165. The molecular formula is C11H18BrN3O. The van der Waals surface area contributed by atoms with Gasteiger partial charge in [-0.15, -0.1) is 0 Å². The van der Waals surface area contributed by atoms with E-state index in [1.54, 1.807) is 13.8 Å². The Hall–Kier alpha value is -0.680. The first-order chi connectivity index (χ1) is 7.27. The van der Waals surface area contributed by atoms with Crippen LogP contribution < -0.4 is 5.73 Å². The Bertz CT molecular complexity index is 404. The van der Waals surface area contributed by atoms with Gasteiger partial charge in [0.15, 0.2) is 5.78 Å². The molecule has 90 valence electrons. The van der Waals surface area contributed by atoms with Crippen molar-refractivity contribution in [2.75, 3.05) is 0 Å². The van der Waals surface area contributed by atoms with Gasteiger partial charge in [0.05, 0.1) is 27.8 Å². The molecule has 0 aliphatic rings. The summed E-state index contributed by atoms with van der Waals surface area (Å²) in [4.78, 5) is 11.9. The van der Waals surface area contributed by atoms with Crippen LogP contribution in [-0.4, -0.2) is 21.1 Å². The van der Waals surface area contributed by atoms with E-state index >= 15 is 0 Å². The van der Waals surface area contributed by atoms with Crippen molar-refractivity contribution >= 4 is 21.7 Å². The number of aromatic nitrogens is 2. The van der Waals surface area contributed by atoms with Gasteiger partial charge < -0.3 is 5.73 Å². The molecule has 1 rings (SSSR count). The molecule has 0 bridgehead atoms. The molecule has 1 aromatic heterocycles. The summed E-state index contributed by atoms with van der Waals surface area (Å²) in [6.07, 6.45) is 0.318. The molecule has 0 aliphatic heterocycles. The first-order valence-corrected chi connectivity index (χ1v) is 6.10. The second-order valence-corrected chi connectivity index (χ2v) is 5.28. The molecular weight excluding hydrogens is 270 g/mol. The summed E-state index contributed by atoms with van der Waals surface area (Å²) in [5.41, 5.74) is 6.79. The van der Waals surface area contributed by atoms with E-state index in [1.165, 1.54) is 0 Å². The Morgan fingerprint density at radius 1 is 1.56 bits per heavy atom. The topological polar surface area (TPSA) is 60.9 Å². The number of Topliss-reactive ketones (excluding diaryl/α,β-unsaturated/α-hetero) is 1. The molecule has 0 radical (unpaired) electrons. The SMILES string of the molecule is CCn1nc(C)c(Br)c1CC(=O)C(C)(C)N. The minimum Gasteiger partial charge on any atom is -0.319 e. The van der Waals surface area contributed by atoms with Gasteiger partial charge in [-0.2, -0.15) is 5.10 Å². The molecule has 0 saturated carbocycles. The zero-order valence-electron chi connectivity index (χ0n) is 10.2. The number of nitrogens with two attached hydrogens (primary N) is 1. The van der Waals surface area contributed by atoms with E-state index in [9.17, 15) is 4.79 Å². The van der Waals surface area contributed by atoms with Gasteiger partial charge >= 0.3 is 0 Å². The van der Waals surface area contributed by atoms with Gasteiger partial charge in [0, 0.05) is 6.54 Å². The van der Waals surface area contributed by atoms with Crippen molar-refractivity contribution in [3.63, 3.8) is 0 Å². The molecule has 5 heteroatoms. The molecule has 0 aliphatic carbocycles. The monoisotopic (exact) mass is 287 g/mol. The zero-order chi connectivity index (χ0) is 12.5. The molecule has 0 saturated heterocycles. The van der Waals surface area contributed by atoms with Crippen LogP contribution in [0.5, 0.6) is 0 Å². The Balaban J connectivity index is 3.01. The molecule has 2 N–H and O–H groups in total. The van der Waals surface area contributed by atoms with E-state index in [0.717, 1.165) is 22.4 Å². The summed E-state index contributed by atoms with van der Waals surface area (Å²) in [6, 6.07) is 0. The molecule has 1 aromatic rings. The van der Waals surface area contributed by atoms with Crippen LogP contribution in [0.1, 0.15) is 32.2 Å². The minimum absolute atomic E-state index is 0.0165. The fourth-order valence-electron chi connectivity index (χ4n) is 1.42. The van der Waals surface area contributed by atoms with Crippen LogP contribution in [-0.2, 0) is 17.8 Å². The number of ketones is 1. The smallest absolute Gasteiger partial charge is 0.158 e. The lowest BCUT2D eigenvalue weighted by Crippen LogP contribution is -2.42. The molecule has 0 amide bonds. The van der Waals surface area contributed by atoms with Gasteiger partial charge in [-0.05, 0) is 43.6 Å². The van der Waals surface area contributed by atoms with Crippen LogP contribution in [0.25, 0.3) is 0 Å². The van der Waals surface area contributed by atoms with E-state index in [2.05, 4.69) is 21.0 Å². The molecule has 16 heavy (non-hydrogen) atoms. The number of hydrogen-bond acceptors (Lipinski definition) is 3. The lowest BCUT2D eigenvalue weighted by molar-refractivity contribution is -0.122. The standard InChI is InChI=1S/C11H18BrN3O/c1-5-15-8(10(12)7(2)14-15)6-9(16)11(3,4)13/h5-6,13H2,1-4H3. The van der Waals surface area contributed by atoms with Gasteiger partial charge in [0.2, 0.25) is 0 Å². The quantitative estimate of drug-likeness (QED) is 0.919. The second kappa shape index (κ2) is 4.67. The lowest BCUT2D eigenvalue weighted by atomic mass is 9.97. The van der Waals surface area contributed by atoms with E-state index in [4.69, 9.17) is 5.73 Å². The van der Waals surface area contributed by atoms with E-state index in [0.29, 0.717) is 6.42 Å². The van der Waals surface area contributed by atoms with E-state index < -0.39 is 5.54 Å². The molecule has 0 fully saturated rings. The zero-order valence-corrected chi connectivity index (χ0v) is 11.8. The van der Waals surface area contributed by atoms with Gasteiger partial charge in [0.25, 0.3) is 0 Å². The van der Waals surface area contributed by atoms with Crippen LogP contribution in [0.4, 0.5) is 0 Å². The molecule has 1 heterocycles. The largest absolute Gasteiger partial charge is 0.319 e. The highest BCUT2D eigenvalue weighted by Crippen LogP contribution is 2.22. The Labute approximate surface area is 104 Å². The van der Waals surface area contributed by atoms with Gasteiger partial charge in [0.1, 0.15) is 0 Å². The predicted molar refractivity (Wildman–Crippen MR) is 67.3 cm³/mol. The fraction of sp³-hybridized carbons (Fsp3) is 0.636. The van der Waals surface area contributed by atoms with Crippen LogP contribution >= 0.6 is 15.9 Å². The number of carbonyl (C=O) groups is 1. The third-order valence-electron chi connectivity index (χ3n) is 2.50. The molecule has 4 nitrogen and oxygen atoms in total. The van der Waals surface area contributed by atoms with Crippen LogP contribution in [0, 0.1) is 6.92 Å². The summed E-state index contributed by atoms with van der Waals surface area (Å²) >= 11 is 3.46. The third-order valence-corrected chi connectivity index (χ3v) is 3.53. The van der Waals surface area contributed by atoms with Crippen molar-refractivity contribution in [2.24, 2.45) is 5.73 Å². The molecule has 0 aromatic carbocycles. The van der Waals surface area contributed by atoms with Gasteiger partial charge in [-0.3, -0.25) is 9.48 Å². The Kier molecular flexibility index (Phi) is 3.91. The van der Waals surface area contributed by atoms with E-state index in [1.807, 2.05) is 18.5 Å². The summed E-state index contributed by atoms with van der Waals surface area (Å²) in [7, 11) is 0. The third kappa shape index (κ3) is 2.71. The molecule has 0 spiro atoms. The van der Waals surface area contributed by atoms with Crippen molar-refractivity contribution in [1.29, 1.82) is 0 Å². The maximum atomic E-state index is 11.9. The van der Waals surface area contributed by atoms with Crippen LogP contribution in [0.15, 0.2) is 4.47 Å². The highest BCUT2D eigenvalue weighted by Gasteiger charge is 2.25. The Morgan fingerprint density at radius 2 is 2.12 bits per heavy atom. The minimum atomic E-state index is -0.795. The molecule has 0 atom stereocenters. The van der Waals surface area contributed by atoms with Crippen molar-refractivity contribution in [1.82, 2.24) is 9.78 Å². The maximum absolute atomic E-state index is 11.9. The van der Waals surface area contributed by atoms with E-state index in [-0.39, 0.29) is 5.78 Å². The second-order valence-electron chi connectivity index (χ2n) is 4.48. The van der Waals surface area contributed by atoms with Crippen molar-refractivity contribution in [3.8, 4) is 0 Å². The van der Waals surface area contributed by atoms with Crippen molar-refractivity contribution < 1.29 is 4.79 Å². The first kappa shape index (κ1) is 13.4. The van der Waals surface area contributed by atoms with Crippen molar-refractivity contribution in [3.05, 3.63) is 15.9 Å². The Morgan fingerprint density at radius 3 is 2.56 bits per heavy atom. The lowest BCUT2D eigenvalue weighted by Gasteiger charge is -2.17. The summed E-state index contributed by atoms with van der Waals surface area (Å²) in [6.45, 7) is 8.11. The number of carbonyl (C=O) groups excluding carboxylic acids is 1. The number of rotatable bonds is 4. The molecule has 0 unspecified atom stereocenters. The fourth-order valence-corrected chi connectivity index (χ4v) is 1.84. The predicted octanol–water partition coefficient (Wildman–Crippen LogP) is 1.82. The number of aryl methyl sites for hydroxylation is 2. The van der Waals surface area contributed by atoms with Gasteiger partial charge in [-0.1, -0.05) is 0 Å². The first-order valence-electron chi connectivity index (χ1n) is 5.31. The highest BCUT2D eigenvalue weighted by atomic mass is 79.9. The summed E-state index contributed by atoms with van der Waals surface area (Å²) < 4.78 is 2.75. The average molecular weight is 288 g/mol. The number of hydrogen-bond donors (Lipinski definition) is 1. The average Bonchev–Trinajstić information content (AvgIpc) is 2.44. The van der Waals surface area contributed by atoms with Crippen LogP contribution in [0.3, 0.4) is 0 Å². The van der Waals surface area contributed by atoms with Crippen LogP contribution in [0.2, 0.25) is 0 Å². The van der Waals surface area contributed by atoms with Crippen molar-refractivity contribution in [2.45, 2.75) is 46.2 Å².